The van der Waals surface area contributed by atoms with E-state index in [0.717, 1.165) is 19.4 Å². The number of nitrogens with two attached hydrogens (primary N) is 1. The molecule has 1 aliphatic heterocycles. The number of carbonyl (C=O) groups is 1. The number of nitrogens with one attached hydrogen (secondary N) is 1. The summed E-state index contributed by atoms with van der Waals surface area (Å²) in [7, 11) is 0. The van der Waals surface area contributed by atoms with Crippen molar-refractivity contribution < 1.29 is 14.3 Å². The van der Waals surface area contributed by atoms with Crippen LogP contribution in [0.3, 0.4) is 0 Å². The second-order valence-electron chi connectivity index (χ2n) is 4.53. The molecule has 1 aliphatic rings. The van der Waals surface area contributed by atoms with Gasteiger partial charge < -0.3 is 20.5 Å². The predicted molar refractivity (Wildman–Crippen MR) is 73.3 cm³/mol. The lowest BCUT2D eigenvalue weighted by Gasteiger charge is -2.13. The molecule has 5 nitrogen and oxygen atoms in total. The van der Waals surface area contributed by atoms with Gasteiger partial charge in [-0.05, 0) is 38.0 Å². The third-order valence-electron chi connectivity index (χ3n) is 3.06. The molecule has 19 heavy (non-hydrogen) atoms. The van der Waals surface area contributed by atoms with Crippen LogP contribution in [0.1, 0.15) is 30.1 Å². The third-order valence-corrected chi connectivity index (χ3v) is 3.06. The first-order chi connectivity index (χ1) is 9.20. The van der Waals surface area contributed by atoms with Crippen molar-refractivity contribution in [3.8, 4) is 5.75 Å². The highest BCUT2D eigenvalue weighted by Crippen LogP contribution is 2.21. The molecule has 0 spiro atoms. The van der Waals surface area contributed by atoms with E-state index < -0.39 is 0 Å². The Bertz CT molecular complexity index is 442. The van der Waals surface area contributed by atoms with Crippen LogP contribution in [0.15, 0.2) is 18.2 Å². The van der Waals surface area contributed by atoms with Gasteiger partial charge in [0.05, 0.1) is 18.3 Å². The predicted octanol–water partition coefficient (Wildman–Crippen LogP) is 1.58. The Balaban J connectivity index is 2.02. The van der Waals surface area contributed by atoms with Crippen molar-refractivity contribution in [3.63, 3.8) is 0 Å². The molecule has 2 rings (SSSR count). The van der Waals surface area contributed by atoms with Crippen LogP contribution < -0.4 is 15.8 Å². The molecular formula is C14H20N2O3. The fraction of sp³-hybridized carbons (Fsp3) is 0.500. The molecule has 0 bridgehead atoms. The van der Waals surface area contributed by atoms with Gasteiger partial charge in [0.1, 0.15) is 5.75 Å². The number of carbonyl (C=O) groups excluding carboxylic acids is 1. The summed E-state index contributed by atoms with van der Waals surface area (Å²) in [6, 6.07) is 5.08. The van der Waals surface area contributed by atoms with Crippen LogP contribution in [0.2, 0.25) is 0 Å². The standard InChI is InChI=1S/C14H20N2O3/c1-2-18-13-6-5-10(15)8-12(13)14(17)16-9-11-4-3-7-19-11/h5-6,8,11H,2-4,7,9,15H2,1H3,(H,16,17). The zero-order valence-corrected chi connectivity index (χ0v) is 11.1. The van der Waals surface area contributed by atoms with Gasteiger partial charge in [-0.25, -0.2) is 0 Å². The highest BCUT2D eigenvalue weighted by atomic mass is 16.5. The van der Waals surface area contributed by atoms with Crippen LogP contribution in [-0.4, -0.2) is 31.8 Å². The van der Waals surface area contributed by atoms with Crippen LogP contribution >= 0.6 is 0 Å². The smallest absolute Gasteiger partial charge is 0.255 e. The van der Waals surface area contributed by atoms with Crippen LogP contribution in [0, 0.1) is 0 Å². The molecule has 5 heteroatoms. The summed E-state index contributed by atoms with van der Waals surface area (Å²) in [5.74, 6) is 0.382. The van der Waals surface area contributed by atoms with E-state index in [1.165, 1.54) is 0 Å². The maximum Gasteiger partial charge on any atom is 0.255 e. The molecule has 104 valence electrons. The summed E-state index contributed by atoms with van der Waals surface area (Å²) < 4.78 is 10.9. The Morgan fingerprint density at radius 2 is 2.42 bits per heavy atom. The molecule has 0 radical (unpaired) electrons. The molecule has 1 aromatic carbocycles. The summed E-state index contributed by atoms with van der Waals surface area (Å²) in [6.07, 6.45) is 2.18. The minimum Gasteiger partial charge on any atom is -0.493 e. The summed E-state index contributed by atoms with van der Waals surface area (Å²) in [4.78, 5) is 12.1. The van der Waals surface area contributed by atoms with E-state index in [9.17, 15) is 4.79 Å². The SMILES string of the molecule is CCOc1ccc(N)cc1C(=O)NCC1CCCO1. The maximum absolute atomic E-state index is 12.1. The molecule has 0 saturated carbocycles. The van der Waals surface area contributed by atoms with E-state index in [4.69, 9.17) is 15.2 Å². The monoisotopic (exact) mass is 264 g/mol. The van der Waals surface area contributed by atoms with Crippen molar-refractivity contribution in [1.82, 2.24) is 5.32 Å². The third kappa shape index (κ3) is 3.61. The Morgan fingerprint density at radius 3 is 3.11 bits per heavy atom. The Kier molecular flexibility index (Phi) is 4.63. The molecular weight excluding hydrogens is 244 g/mol. The second-order valence-corrected chi connectivity index (χ2v) is 4.53. The lowest BCUT2D eigenvalue weighted by molar-refractivity contribution is 0.0855. The number of hydrogen-bond donors (Lipinski definition) is 2. The van der Waals surface area contributed by atoms with E-state index in [1.54, 1.807) is 18.2 Å². The number of nitrogen functional groups attached to an aromatic ring is 1. The number of amides is 1. The van der Waals surface area contributed by atoms with Gasteiger partial charge in [-0.3, -0.25) is 4.79 Å². The average Bonchev–Trinajstić information content (AvgIpc) is 2.91. The van der Waals surface area contributed by atoms with Gasteiger partial charge >= 0.3 is 0 Å². The topological polar surface area (TPSA) is 73.6 Å². The first-order valence-electron chi connectivity index (χ1n) is 6.63. The average molecular weight is 264 g/mol. The molecule has 3 N–H and O–H groups in total. The molecule has 1 fully saturated rings. The lowest BCUT2D eigenvalue weighted by atomic mass is 10.1. The highest BCUT2D eigenvalue weighted by molar-refractivity contribution is 5.97. The van der Waals surface area contributed by atoms with Crippen molar-refractivity contribution in [1.29, 1.82) is 0 Å². The molecule has 0 aromatic heterocycles. The summed E-state index contributed by atoms with van der Waals surface area (Å²) in [6.45, 7) is 3.70. The molecule has 1 amide bonds. The van der Waals surface area contributed by atoms with E-state index in [2.05, 4.69) is 5.32 Å². The van der Waals surface area contributed by atoms with Gasteiger partial charge in [-0.2, -0.15) is 0 Å². The van der Waals surface area contributed by atoms with Crippen molar-refractivity contribution in [2.45, 2.75) is 25.9 Å². The number of hydrogen-bond acceptors (Lipinski definition) is 4. The fourth-order valence-corrected chi connectivity index (χ4v) is 2.11. The number of ether oxygens (including phenoxy) is 2. The first-order valence-corrected chi connectivity index (χ1v) is 6.63. The minimum atomic E-state index is -0.175. The normalized spacial score (nSPS) is 18.3. The zero-order valence-electron chi connectivity index (χ0n) is 11.1. The molecule has 1 unspecified atom stereocenters. The van der Waals surface area contributed by atoms with Gasteiger partial charge in [0, 0.05) is 18.8 Å². The van der Waals surface area contributed by atoms with E-state index in [0.29, 0.717) is 30.2 Å². The fourth-order valence-electron chi connectivity index (χ4n) is 2.11. The van der Waals surface area contributed by atoms with Gasteiger partial charge in [0.15, 0.2) is 0 Å². The Labute approximate surface area is 113 Å². The zero-order chi connectivity index (χ0) is 13.7. The van der Waals surface area contributed by atoms with Gasteiger partial charge in [0.2, 0.25) is 0 Å². The van der Waals surface area contributed by atoms with Crippen LogP contribution in [0.4, 0.5) is 5.69 Å². The highest BCUT2D eigenvalue weighted by Gasteiger charge is 2.18. The number of rotatable bonds is 5. The maximum atomic E-state index is 12.1. The Morgan fingerprint density at radius 1 is 1.58 bits per heavy atom. The van der Waals surface area contributed by atoms with Crippen LogP contribution in [-0.2, 0) is 4.74 Å². The lowest BCUT2D eigenvalue weighted by Crippen LogP contribution is -2.32. The Hall–Kier alpha value is -1.75. The molecule has 1 aromatic rings. The molecule has 1 heterocycles. The first kappa shape index (κ1) is 13.7. The van der Waals surface area contributed by atoms with Crippen LogP contribution in [0.5, 0.6) is 5.75 Å². The molecule has 1 saturated heterocycles. The van der Waals surface area contributed by atoms with Crippen molar-refractivity contribution >= 4 is 11.6 Å². The molecule has 0 aliphatic carbocycles. The van der Waals surface area contributed by atoms with Gasteiger partial charge in [-0.1, -0.05) is 0 Å². The summed E-state index contributed by atoms with van der Waals surface area (Å²) in [5.41, 5.74) is 6.74. The van der Waals surface area contributed by atoms with E-state index >= 15 is 0 Å². The molecule has 1 atom stereocenters. The van der Waals surface area contributed by atoms with Crippen molar-refractivity contribution in [2.24, 2.45) is 0 Å². The largest absolute Gasteiger partial charge is 0.493 e. The second kappa shape index (κ2) is 6.43. The quantitative estimate of drug-likeness (QED) is 0.792. The van der Waals surface area contributed by atoms with Gasteiger partial charge in [-0.15, -0.1) is 0 Å². The van der Waals surface area contributed by atoms with E-state index in [-0.39, 0.29) is 12.0 Å². The number of benzene rings is 1. The minimum absolute atomic E-state index is 0.126. The van der Waals surface area contributed by atoms with Crippen LogP contribution in [0.25, 0.3) is 0 Å². The number of anilines is 1. The van der Waals surface area contributed by atoms with Crippen molar-refractivity contribution in [3.05, 3.63) is 23.8 Å². The van der Waals surface area contributed by atoms with Gasteiger partial charge in [0.25, 0.3) is 5.91 Å². The summed E-state index contributed by atoms with van der Waals surface area (Å²) in [5, 5.41) is 2.87. The van der Waals surface area contributed by atoms with Crippen molar-refractivity contribution in [2.75, 3.05) is 25.5 Å². The van der Waals surface area contributed by atoms with E-state index in [1.807, 2.05) is 6.92 Å². The summed E-state index contributed by atoms with van der Waals surface area (Å²) >= 11 is 0.